The van der Waals surface area contributed by atoms with Crippen LogP contribution < -0.4 is 5.32 Å². The van der Waals surface area contributed by atoms with Gasteiger partial charge in [-0.1, -0.05) is 81.4 Å². The molecule has 0 aliphatic carbocycles. The molecular formula is C31H39ClN4. The van der Waals surface area contributed by atoms with Gasteiger partial charge in [-0.2, -0.15) is 0 Å². The zero-order valence-corrected chi connectivity index (χ0v) is 22.7. The lowest BCUT2D eigenvalue weighted by Crippen LogP contribution is -2.44. The van der Waals surface area contributed by atoms with E-state index < -0.39 is 0 Å². The monoisotopic (exact) mass is 502 g/mol. The van der Waals surface area contributed by atoms with Crippen molar-refractivity contribution in [3.05, 3.63) is 83.5 Å². The number of unbranched alkanes of at least 4 members (excludes halogenated alkanes) is 1. The van der Waals surface area contributed by atoms with E-state index >= 15 is 0 Å². The van der Waals surface area contributed by atoms with E-state index in [4.69, 9.17) is 16.6 Å². The molecule has 1 N–H and O–H groups in total. The first-order valence-electron chi connectivity index (χ1n) is 13.1. The standard InChI is InChI=1S/C31H39ClN4/c1-6-7-8-23(3)35-15-17-36(18-16-35)24(4)27-13-14-28-29(32)20-30(34-31(28)19-27)26-11-9-25(10-12-26)22(2)21-33-5/h9-14,19-20,22,33H,3-4,6-8,15-18,21H2,1-2,5H3. The fourth-order valence-electron chi connectivity index (χ4n) is 4.93. The van der Waals surface area contributed by atoms with Crippen LogP contribution in [0.1, 0.15) is 50.2 Å². The second-order valence-electron chi connectivity index (χ2n) is 9.89. The molecule has 1 atom stereocenters. The Labute approximate surface area is 221 Å². The average Bonchev–Trinajstić information content (AvgIpc) is 2.91. The summed E-state index contributed by atoms with van der Waals surface area (Å²) in [5.74, 6) is 0.460. The van der Waals surface area contributed by atoms with Crippen LogP contribution >= 0.6 is 11.6 Å². The van der Waals surface area contributed by atoms with Gasteiger partial charge in [-0.15, -0.1) is 0 Å². The Morgan fingerprint density at radius 2 is 1.72 bits per heavy atom. The molecule has 1 saturated heterocycles. The molecule has 1 aliphatic rings. The van der Waals surface area contributed by atoms with E-state index in [1.54, 1.807) is 0 Å². The molecule has 3 aromatic rings. The molecule has 0 amide bonds. The van der Waals surface area contributed by atoms with Crippen LogP contribution in [0.5, 0.6) is 0 Å². The molecule has 1 aliphatic heterocycles. The number of fused-ring (bicyclic) bond motifs is 1. The molecule has 36 heavy (non-hydrogen) atoms. The number of likely N-dealkylation sites (N-methyl/N-ethyl adjacent to an activating group) is 1. The number of piperazine rings is 1. The van der Waals surface area contributed by atoms with Gasteiger partial charge in [0.25, 0.3) is 0 Å². The van der Waals surface area contributed by atoms with Crippen LogP contribution in [-0.2, 0) is 0 Å². The molecule has 2 heterocycles. The van der Waals surface area contributed by atoms with E-state index in [9.17, 15) is 0 Å². The molecular weight excluding hydrogens is 464 g/mol. The molecule has 190 valence electrons. The van der Waals surface area contributed by atoms with Crippen LogP contribution in [0.3, 0.4) is 0 Å². The zero-order valence-electron chi connectivity index (χ0n) is 22.0. The molecule has 0 saturated carbocycles. The Kier molecular flexibility index (Phi) is 8.71. The van der Waals surface area contributed by atoms with Gasteiger partial charge in [-0.25, -0.2) is 4.98 Å². The Morgan fingerprint density at radius 3 is 2.39 bits per heavy atom. The number of rotatable bonds is 10. The maximum absolute atomic E-state index is 6.70. The summed E-state index contributed by atoms with van der Waals surface area (Å²) >= 11 is 6.70. The molecule has 0 radical (unpaired) electrons. The lowest BCUT2D eigenvalue weighted by atomic mass is 9.98. The molecule has 1 fully saturated rings. The molecule has 5 heteroatoms. The van der Waals surface area contributed by atoms with Crippen molar-refractivity contribution in [2.24, 2.45) is 0 Å². The van der Waals surface area contributed by atoms with Crippen molar-refractivity contribution in [2.75, 3.05) is 39.8 Å². The lowest BCUT2D eigenvalue weighted by molar-refractivity contribution is 0.209. The molecule has 2 aromatic carbocycles. The summed E-state index contributed by atoms with van der Waals surface area (Å²) in [6, 6.07) is 16.9. The third-order valence-electron chi connectivity index (χ3n) is 7.31. The van der Waals surface area contributed by atoms with Crippen molar-refractivity contribution in [1.82, 2.24) is 20.1 Å². The summed E-state index contributed by atoms with van der Waals surface area (Å²) < 4.78 is 0. The maximum Gasteiger partial charge on any atom is 0.0731 e. The predicted octanol–water partition coefficient (Wildman–Crippen LogP) is 7.17. The van der Waals surface area contributed by atoms with Gasteiger partial charge >= 0.3 is 0 Å². The molecule has 4 nitrogen and oxygen atoms in total. The number of nitrogens with zero attached hydrogens (tertiary/aromatic N) is 3. The minimum absolute atomic E-state index is 0.460. The highest BCUT2D eigenvalue weighted by molar-refractivity contribution is 6.35. The second kappa shape index (κ2) is 11.9. The second-order valence-corrected chi connectivity index (χ2v) is 10.3. The number of nitrogens with one attached hydrogen (secondary N) is 1. The number of allylic oxidation sites excluding steroid dienone is 1. The third kappa shape index (κ3) is 5.93. The molecule has 0 bridgehead atoms. The van der Waals surface area contributed by atoms with Crippen molar-refractivity contribution in [3.8, 4) is 11.3 Å². The van der Waals surface area contributed by atoms with Gasteiger partial charge < -0.3 is 15.1 Å². The molecule has 1 aromatic heterocycles. The summed E-state index contributed by atoms with van der Waals surface area (Å²) in [7, 11) is 1.99. The molecule has 0 spiro atoms. The summed E-state index contributed by atoms with van der Waals surface area (Å²) in [4.78, 5) is 9.80. The first kappa shape index (κ1) is 26.2. The van der Waals surface area contributed by atoms with E-state index in [2.05, 4.69) is 84.6 Å². The summed E-state index contributed by atoms with van der Waals surface area (Å²) in [5.41, 5.74) is 7.58. The van der Waals surface area contributed by atoms with Crippen LogP contribution in [-0.4, -0.2) is 54.6 Å². The van der Waals surface area contributed by atoms with Gasteiger partial charge in [0.2, 0.25) is 0 Å². The Hall–Kier alpha value is -2.82. The van der Waals surface area contributed by atoms with Crippen molar-refractivity contribution in [1.29, 1.82) is 0 Å². The topological polar surface area (TPSA) is 31.4 Å². The number of hydrogen-bond donors (Lipinski definition) is 1. The first-order valence-corrected chi connectivity index (χ1v) is 13.5. The van der Waals surface area contributed by atoms with E-state index in [0.717, 1.165) is 77.6 Å². The number of pyridine rings is 1. The van der Waals surface area contributed by atoms with Crippen LogP contribution in [0.15, 0.2) is 67.4 Å². The van der Waals surface area contributed by atoms with Crippen molar-refractivity contribution in [2.45, 2.75) is 39.0 Å². The highest BCUT2D eigenvalue weighted by Gasteiger charge is 2.20. The van der Waals surface area contributed by atoms with E-state index in [1.165, 1.54) is 24.1 Å². The van der Waals surface area contributed by atoms with Crippen molar-refractivity contribution < 1.29 is 0 Å². The largest absolute Gasteiger partial charge is 0.372 e. The fourth-order valence-corrected chi connectivity index (χ4v) is 5.20. The Balaban J connectivity index is 1.51. The summed E-state index contributed by atoms with van der Waals surface area (Å²) in [6.45, 7) is 18.0. The third-order valence-corrected chi connectivity index (χ3v) is 7.62. The number of halogens is 1. The highest BCUT2D eigenvalue weighted by Crippen LogP contribution is 2.31. The SMILES string of the molecule is C=C(CCCC)N1CCN(C(=C)c2ccc3c(Cl)cc(-c4ccc(C(C)CNC)cc4)nc3c2)CC1. The van der Waals surface area contributed by atoms with Gasteiger partial charge in [0.15, 0.2) is 0 Å². The van der Waals surface area contributed by atoms with Gasteiger partial charge in [0.1, 0.15) is 0 Å². The lowest BCUT2D eigenvalue weighted by Gasteiger charge is -2.39. The number of hydrogen-bond acceptors (Lipinski definition) is 4. The van der Waals surface area contributed by atoms with E-state index in [1.807, 2.05) is 13.1 Å². The van der Waals surface area contributed by atoms with Crippen molar-refractivity contribution in [3.63, 3.8) is 0 Å². The molecule has 4 rings (SSSR count). The number of aromatic nitrogens is 1. The smallest absolute Gasteiger partial charge is 0.0731 e. The van der Waals surface area contributed by atoms with Gasteiger partial charge in [0.05, 0.1) is 16.2 Å². The fraction of sp³-hybridized carbons (Fsp3) is 0.387. The summed E-state index contributed by atoms with van der Waals surface area (Å²) in [6.07, 6.45) is 3.51. The van der Waals surface area contributed by atoms with Crippen LogP contribution in [0.4, 0.5) is 0 Å². The minimum atomic E-state index is 0.460. The number of benzene rings is 2. The highest BCUT2D eigenvalue weighted by atomic mass is 35.5. The quantitative estimate of drug-likeness (QED) is 0.318. The van der Waals surface area contributed by atoms with Crippen LogP contribution in [0.25, 0.3) is 27.9 Å². The van der Waals surface area contributed by atoms with Gasteiger partial charge in [-0.3, -0.25) is 0 Å². The van der Waals surface area contributed by atoms with Gasteiger partial charge in [-0.05, 0) is 49.1 Å². The first-order chi connectivity index (χ1) is 17.4. The summed E-state index contributed by atoms with van der Waals surface area (Å²) in [5, 5.41) is 4.93. The van der Waals surface area contributed by atoms with Gasteiger partial charge in [0, 0.05) is 55.1 Å². The minimum Gasteiger partial charge on any atom is -0.372 e. The van der Waals surface area contributed by atoms with Crippen LogP contribution in [0, 0.1) is 0 Å². The predicted molar refractivity (Wildman–Crippen MR) is 155 cm³/mol. The molecule has 1 unspecified atom stereocenters. The normalized spacial score (nSPS) is 14.8. The Bertz CT molecular complexity index is 1210. The van der Waals surface area contributed by atoms with Crippen LogP contribution in [0.2, 0.25) is 5.02 Å². The van der Waals surface area contributed by atoms with E-state index in [-0.39, 0.29) is 0 Å². The van der Waals surface area contributed by atoms with Crippen molar-refractivity contribution >= 4 is 28.2 Å². The van der Waals surface area contributed by atoms with E-state index in [0.29, 0.717) is 5.92 Å². The average molecular weight is 503 g/mol. The Morgan fingerprint density at radius 1 is 1.03 bits per heavy atom. The zero-order chi connectivity index (χ0) is 25.7. The maximum atomic E-state index is 6.70.